The van der Waals surface area contributed by atoms with Crippen molar-refractivity contribution >= 4 is 18.1 Å². The number of aryl methyl sites for hydroxylation is 2. The van der Waals surface area contributed by atoms with Crippen LogP contribution in [0.3, 0.4) is 0 Å². The van der Waals surface area contributed by atoms with Crippen molar-refractivity contribution in [1.82, 2.24) is 0 Å². The molecule has 0 fully saturated rings. The molecule has 30 heavy (non-hydrogen) atoms. The molecule has 0 aliphatic heterocycles. The second-order valence-electron chi connectivity index (χ2n) is 6.55. The van der Waals surface area contributed by atoms with E-state index in [2.05, 4.69) is 6.92 Å². The quantitative estimate of drug-likeness (QED) is 0.197. The van der Waals surface area contributed by atoms with E-state index < -0.39 is 29.5 Å². The van der Waals surface area contributed by atoms with Gasteiger partial charge in [-0.2, -0.15) is 8.42 Å². The van der Waals surface area contributed by atoms with E-state index in [1.54, 1.807) is 24.3 Å². The van der Waals surface area contributed by atoms with Gasteiger partial charge in [-0.05, 0) is 54.7 Å². The van der Waals surface area contributed by atoms with Crippen molar-refractivity contribution in [2.75, 3.05) is 0 Å². The van der Waals surface area contributed by atoms with Crippen LogP contribution in [-0.2, 0) is 23.0 Å². The minimum absolute atomic E-state index is 0. The number of hydrogen-bond donors (Lipinski definition) is 1. The van der Waals surface area contributed by atoms with E-state index in [9.17, 15) is 23.1 Å². The first-order valence-electron chi connectivity index (χ1n) is 8.93. The van der Waals surface area contributed by atoms with Crippen molar-refractivity contribution in [3.63, 3.8) is 0 Å². The van der Waals surface area contributed by atoms with Crippen molar-refractivity contribution in [3.05, 3.63) is 59.7 Å². The van der Waals surface area contributed by atoms with Crippen LogP contribution in [0.1, 0.15) is 37.3 Å². The predicted octanol–water partition coefficient (Wildman–Crippen LogP) is -4.18. The minimum atomic E-state index is -5.45. The minimum Gasteiger partial charge on any atom is -0.687 e. The van der Waals surface area contributed by atoms with Crippen molar-refractivity contribution in [2.45, 2.75) is 44.0 Å². The Morgan fingerprint density at radius 2 is 1.47 bits per heavy atom. The van der Waals surface area contributed by atoms with Crippen LogP contribution in [0.5, 0.6) is 11.5 Å². The molecule has 0 bridgehead atoms. The summed E-state index contributed by atoms with van der Waals surface area (Å²) >= 11 is 0. The molecule has 1 unspecified atom stereocenters. The van der Waals surface area contributed by atoms with Crippen LogP contribution in [-0.4, -0.2) is 18.0 Å². The van der Waals surface area contributed by atoms with Crippen LogP contribution in [0, 0.1) is 0 Å². The molecule has 7 nitrogen and oxygen atoms in total. The summed E-state index contributed by atoms with van der Waals surface area (Å²) in [4.78, 5) is 30.9. The first kappa shape index (κ1) is 31.7. The Morgan fingerprint density at radius 1 is 0.967 bits per heavy atom. The van der Waals surface area contributed by atoms with Crippen molar-refractivity contribution in [1.29, 1.82) is 0 Å². The van der Waals surface area contributed by atoms with Gasteiger partial charge in [-0.3, -0.25) is 4.55 Å². The molecule has 11 heteroatoms. The number of rotatable bonds is 10. The number of ether oxygens (including phenoxy) is 1. The average molecular weight is 505 g/mol. The van der Waals surface area contributed by atoms with Gasteiger partial charge in [-0.25, -0.2) is 0 Å². The SMILES string of the molecule is CCCc1cccc(Oc2cccc(CCCC([P+]([O-])([O-])[O-])S(=O)(=O)O)c2)c1.[K+].[K+]. The molecule has 2 aromatic rings. The second-order valence-corrected chi connectivity index (χ2v) is 10.2. The molecule has 1 atom stereocenters. The zero-order valence-corrected chi connectivity index (χ0v) is 25.4. The monoisotopic (exact) mass is 504 g/mol. The van der Waals surface area contributed by atoms with Crippen molar-refractivity contribution < 1.29 is 135 Å². The molecule has 0 aliphatic carbocycles. The Morgan fingerprint density at radius 3 is 1.90 bits per heavy atom. The Bertz CT molecular complexity index is 888. The smallest absolute Gasteiger partial charge is 0.687 e. The van der Waals surface area contributed by atoms with Crippen LogP contribution in [0.4, 0.5) is 0 Å². The van der Waals surface area contributed by atoms with Crippen LogP contribution in [0.15, 0.2) is 48.5 Å². The summed E-state index contributed by atoms with van der Waals surface area (Å²) in [5.74, 6) is 1.30. The molecule has 154 valence electrons. The predicted molar refractivity (Wildman–Crippen MR) is 102 cm³/mol. The molecule has 0 heterocycles. The van der Waals surface area contributed by atoms with Crippen LogP contribution >= 0.6 is 7.94 Å². The second kappa shape index (κ2) is 14.9. The maximum absolute atomic E-state index is 11.1. The average Bonchev–Trinajstić information content (AvgIpc) is 2.57. The fourth-order valence-corrected chi connectivity index (χ4v) is 5.17. The molecular formula is C19H23K2O7PS. The standard InChI is InChI=1S/C19H25O7PS.2K/c1-2-6-15-7-3-10-17(13-15)26-18-11-4-8-16(14-18)9-5-12-19(27(20,21)22)28(23,24)25;;/h3-4,7-8,10-11,13-14,19H,2,5-6,9,12H2,1H3,(H2,20,21,22)(H,23,24,25);;/q;2*+1/p-2. The summed E-state index contributed by atoms with van der Waals surface area (Å²) in [5.41, 5.74) is 1.97. The van der Waals surface area contributed by atoms with Gasteiger partial charge in [0.05, 0.1) is 0 Å². The maximum atomic E-state index is 11.1. The molecule has 0 saturated heterocycles. The largest absolute Gasteiger partial charge is 1.00 e. The first-order valence-corrected chi connectivity index (χ1v) is 12.0. The third-order valence-electron chi connectivity index (χ3n) is 4.18. The van der Waals surface area contributed by atoms with Gasteiger partial charge in [0.1, 0.15) is 11.5 Å². The zero-order valence-electron chi connectivity index (χ0n) is 17.5. The normalized spacial score (nSPS) is 12.4. The third-order valence-corrected chi connectivity index (χ3v) is 7.65. The van der Waals surface area contributed by atoms with Crippen LogP contribution in [0.2, 0.25) is 0 Å². The van der Waals surface area contributed by atoms with Crippen LogP contribution in [0.25, 0.3) is 0 Å². The topological polar surface area (TPSA) is 133 Å². The Hall–Kier alpha value is 1.73. The van der Waals surface area contributed by atoms with Gasteiger partial charge >= 0.3 is 113 Å². The fourth-order valence-electron chi connectivity index (χ4n) is 2.90. The molecule has 0 amide bonds. The summed E-state index contributed by atoms with van der Waals surface area (Å²) in [6.07, 6.45) is 1.96. The van der Waals surface area contributed by atoms with E-state index >= 15 is 0 Å². The summed E-state index contributed by atoms with van der Waals surface area (Å²) in [6, 6.07) is 14.9. The fraction of sp³-hybridized carbons (Fsp3) is 0.368. The Balaban J connectivity index is 0.00000420. The van der Waals surface area contributed by atoms with Gasteiger partial charge in [-0.1, -0.05) is 37.6 Å². The van der Waals surface area contributed by atoms with Crippen molar-refractivity contribution in [2.24, 2.45) is 0 Å². The van der Waals surface area contributed by atoms with Gasteiger partial charge in [0.2, 0.25) is 0 Å². The van der Waals surface area contributed by atoms with E-state index in [1.807, 2.05) is 24.3 Å². The molecule has 0 radical (unpaired) electrons. The van der Waals surface area contributed by atoms with Crippen LogP contribution < -0.4 is 122 Å². The summed E-state index contributed by atoms with van der Waals surface area (Å²) < 4.78 is 37.1. The van der Waals surface area contributed by atoms with Gasteiger partial charge in [-0.15, -0.1) is 7.94 Å². The molecular weight excluding hydrogens is 481 g/mol. The van der Waals surface area contributed by atoms with E-state index in [4.69, 9.17) is 9.29 Å². The van der Waals surface area contributed by atoms with Gasteiger partial charge < -0.3 is 19.4 Å². The number of hydrogen-bond acceptors (Lipinski definition) is 6. The Kier molecular flexibility index (Phi) is 15.7. The maximum Gasteiger partial charge on any atom is 1.00 e. The van der Waals surface area contributed by atoms with E-state index in [0.717, 1.165) is 18.4 Å². The van der Waals surface area contributed by atoms with E-state index in [1.165, 1.54) is 5.56 Å². The molecule has 0 spiro atoms. The van der Waals surface area contributed by atoms with Gasteiger partial charge in [0.15, 0.2) is 4.99 Å². The molecule has 0 aromatic heterocycles. The molecule has 0 saturated carbocycles. The van der Waals surface area contributed by atoms with Gasteiger partial charge in [0.25, 0.3) is 0 Å². The van der Waals surface area contributed by atoms with E-state index in [0.29, 0.717) is 17.9 Å². The molecule has 2 rings (SSSR count). The molecule has 2 aromatic carbocycles. The summed E-state index contributed by atoms with van der Waals surface area (Å²) in [7, 11) is -10.4. The Labute approximate surface area is 263 Å². The summed E-state index contributed by atoms with van der Waals surface area (Å²) in [6.45, 7) is 2.10. The van der Waals surface area contributed by atoms with Gasteiger partial charge in [0, 0.05) is 6.42 Å². The van der Waals surface area contributed by atoms with Crippen molar-refractivity contribution in [3.8, 4) is 11.5 Å². The van der Waals surface area contributed by atoms with E-state index in [-0.39, 0.29) is 109 Å². The summed E-state index contributed by atoms with van der Waals surface area (Å²) in [5, 5.41) is 0. The number of benzene rings is 2. The zero-order chi connectivity index (χ0) is 20.8. The molecule has 1 N–H and O–H groups in total. The molecule has 0 aliphatic rings. The first-order chi connectivity index (χ1) is 13.1. The third kappa shape index (κ3) is 11.2.